The summed E-state index contributed by atoms with van der Waals surface area (Å²) >= 11 is 0. The van der Waals surface area contributed by atoms with E-state index in [0.29, 0.717) is 24.5 Å². The van der Waals surface area contributed by atoms with Gasteiger partial charge in [-0.05, 0) is 43.0 Å². The van der Waals surface area contributed by atoms with Crippen LogP contribution in [0.2, 0.25) is 0 Å². The van der Waals surface area contributed by atoms with E-state index in [0.717, 1.165) is 23.0 Å². The fourth-order valence-electron chi connectivity index (χ4n) is 2.24. The van der Waals surface area contributed by atoms with Crippen LogP contribution in [0.25, 0.3) is 0 Å². The lowest BCUT2D eigenvalue weighted by molar-refractivity contribution is 0.362. The van der Waals surface area contributed by atoms with E-state index in [2.05, 4.69) is 30.2 Å². The minimum atomic E-state index is -0.874. The average molecular weight is 315 g/mol. The van der Waals surface area contributed by atoms with Crippen LogP contribution in [0.4, 0.5) is 8.78 Å². The molecule has 1 heterocycles. The van der Waals surface area contributed by atoms with Crippen LogP contribution in [0.3, 0.4) is 0 Å². The zero-order valence-electron chi connectivity index (χ0n) is 13.1. The molecule has 120 valence electrons. The number of nitrogens with zero attached hydrogens (tertiary/aromatic N) is 2. The molecule has 1 aromatic carbocycles. The number of halogens is 2. The number of benzene rings is 1. The van der Waals surface area contributed by atoms with Gasteiger partial charge in [-0.15, -0.1) is 0 Å². The van der Waals surface area contributed by atoms with Gasteiger partial charge >= 0.3 is 0 Å². The van der Waals surface area contributed by atoms with Crippen LogP contribution < -0.4 is 5.32 Å². The van der Waals surface area contributed by atoms with Crippen molar-refractivity contribution in [3.05, 3.63) is 83.5 Å². The number of dihydropyridines is 1. The average Bonchev–Trinajstić information content (AvgIpc) is 2.51. The van der Waals surface area contributed by atoms with Gasteiger partial charge in [0.1, 0.15) is 5.82 Å². The molecular weight excluding hydrogens is 296 g/mol. The number of rotatable bonds is 6. The molecule has 0 bridgehead atoms. The fraction of sp³-hybridized carbons (Fsp3) is 0.167. The van der Waals surface area contributed by atoms with Gasteiger partial charge in [0.05, 0.1) is 0 Å². The van der Waals surface area contributed by atoms with Gasteiger partial charge in [-0.1, -0.05) is 25.3 Å². The number of hydrogen-bond acceptors (Lipinski definition) is 3. The maximum Gasteiger partial charge on any atom is 0.159 e. The van der Waals surface area contributed by atoms with Crippen molar-refractivity contribution >= 4 is 6.72 Å². The molecule has 3 nitrogen and oxygen atoms in total. The normalized spacial score (nSPS) is 13.8. The number of hydrogen-bond donors (Lipinski definition) is 1. The Labute approximate surface area is 135 Å². The van der Waals surface area contributed by atoms with E-state index in [1.54, 1.807) is 0 Å². The van der Waals surface area contributed by atoms with Gasteiger partial charge in [0.2, 0.25) is 0 Å². The fourth-order valence-corrected chi connectivity index (χ4v) is 2.24. The van der Waals surface area contributed by atoms with Gasteiger partial charge in [0, 0.05) is 24.5 Å². The van der Waals surface area contributed by atoms with Crippen LogP contribution in [0.15, 0.2) is 71.3 Å². The topological polar surface area (TPSA) is 27.6 Å². The standard InChI is InChI=1S/C18H19F2N3/c1-12-5-7-16(13(2)22-12)11-23(14(3)21-4)10-15-6-8-17(19)18(20)9-15/h5-9,22H,2-4,10-11H2,1H3. The molecule has 2 rings (SSSR count). The third-order valence-corrected chi connectivity index (χ3v) is 3.54. The Kier molecular flexibility index (Phi) is 5.11. The molecule has 1 aromatic rings. The van der Waals surface area contributed by atoms with Crippen LogP contribution in [0.5, 0.6) is 0 Å². The van der Waals surface area contributed by atoms with Crippen molar-refractivity contribution in [3.8, 4) is 0 Å². The Balaban J connectivity index is 2.20. The Morgan fingerprint density at radius 2 is 1.96 bits per heavy atom. The first kappa shape index (κ1) is 16.7. The minimum Gasteiger partial charge on any atom is -0.359 e. The highest BCUT2D eigenvalue weighted by molar-refractivity contribution is 5.39. The molecule has 0 fully saturated rings. The Hall–Kier alpha value is -2.69. The summed E-state index contributed by atoms with van der Waals surface area (Å²) < 4.78 is 26.4. The monoisotopic (exact) mass is 315 g/mol. The van der Waals surface area contributed by atoms with E-state index < -0.39 is 11.6 Å². The summed E-state index contributed by atoms with van der Waals surface area (Å²) in [5.41, 5.74) is 3.38. The molecule has 0 saturated carbocycles. The van der Waals surface area contributed by atoms with Gasteiger partial charge < -0.3 is 10.2 Å². The molecule has 0 unspecified atom stereocenters. The zero-order chi connectivity index (χ0) is 17.0. The van der Waals surface area contributed by atoms with Crippen molar-refractivity contribution in [2.24, 2.45) is 4.99 Å². The summed E-state index contributed by atoms with van der Waals surface area (Å²) in [6.45, 7) is 14.1. The first-order chi connectivity index (χ1) is 10.9. The molecule has 0 aromatic heterocycles. The molecular formula is C18H19F2N3. The van der Waals surface area contributed by atoms with Crippen LogP contribution in [0.1, 0.15) is 12.5 Å². The van der Waals surface area contributed by atoms with Crippen molar-refractivity contribution in [1.29, 1.82) is 0 Å². The summed E-state index contributed by atoms with van der Waals surface area (Å²) in [5, 5.41) is 3.16. The third-order valence-electron chi connectivity index (χ3n) is 3.54. The second kappa shape index (κ2) is 7.05. The lowest BCUT2D eigenvalue weighted by atomic mass is 10.1. The predicted molar refractivity (Wildman–Crippen MR) is 89.6 cm³/mol. The molecule has 23 heavy (non-hydrogen) atoms. The molecule has 0 radical (unpaired) electrons. The maximum atomic E-state index is 13.4. The lowest BCUT2D eigenvalue weighted by Gasteiger charge is -2.27. The largest absolute Gasteiger partial charge is 0.359 e. The zero-order valence-corrected chi connectivity index (χ0v) is 13.1. The van der Waals surface area contributed by atoms with Crippen molar-refractivity contribution in [2.45, 2.75) is 13.5 Å². The molecule has 0 atom stereocenters. The highest BCUT2D eigenvalue weighted by atomic mass is 19.2. The first-order valence-electron chi connectivity index (χ1n) is 7.09. The number of nitrogens with one attached hydrogen (secondary N) is 1. The van der Waals surface area contributed by atoms with Crippen molar-refractivity contribution in [1.82, 2.24) is 10.2 Å². The second-order valence-corrected chi connectivity index (χ2v) is 5.32. The smallest absolute Gasteiger partial charge is 0.159 e. The van der Waals surface area contributed by atoms with Crippen molar-refractivity contribution in [3.63, 3.8) is 0 Å². The van der Waals surface area contributed by atoms with Gasteiger partial charge in [-0.2, -0.15) is 0 Å². The highest BCUT2D eigenvalue weighted by Crippen LogP contribution is 2.20. The minimum absolute atomic E-state index is 0.336. The second-order valence-electron chi connectivity index (χ2n) is 5.32. The van der Waals surface area contributed by atoms with Gasteiger partial charge in [0.15, 0.2) is 11.6 Å². The van der Waals surface area contributed by atoms with Gasteiger partial charge in [-0.25, -0.2) is 13.8 Å². The van der Waals surface area contributed by atoms with E-state index in [1.165, 1.54) is 12.1 Å². The third kappa shape index (κ3) is 4.16. The Bertz CT molecular complexity index is 717. The van der Waals surface area contributed by atoms with Crippen LogP contribution in [0, 0.1) is 11.6 Å². The van der Waals surface area contributed by atoms with Gasteiger partial charge in [0.25, 0.3) is 0 Å². The Morgan fingerprint density at radius 3 is 2.57 bits per heavy atom. The van der Waals surface area contributed by atoms with Crippen LogP contribution >= 0.6 is 0 Å². The van der Waals surface area contributed by atoms with E-state index in [9.17, 15) is 8.78 Å². The molecule has 0 aliphatic carbocycles. The molecule has 1 aliphatic heterocycles. The van der Waals surface area contributed by atoms with E-state index in [4.69, 9.17) is 0 Å². The highest BCUT2D eigenvalue weighted by Gasteiger charge is 2.15. The summed E-state index contributed by atoms with van der Waals surface area (Å²) in [5.74, 6) is -1.29. The summed E-state index contributed by atoms with van der Waals surface area (Å²) in [4.78, 5) is 5.68. The molecule has 0 saturated heterocycles. The van der Waals surface area contributed by atoms with Crippen LogP contribution in [-0.2, 0) is 6.54 Å². The first-order valence-corrected chi connectivity index (χ1v) is 7.09. The molecule has 1 N–H and O–H groups in total. The van der Waals surface area contributed by atoms with Crippen molar-refractivity contribution in [2.75, 3.05) is 6.54 Å². The van der Waals surface area contributed by atoms with E-state index in [1.807, 2.05) is 24.0 Å². The number of allylic oxidation sites excluding steroid dienone is 3. The summed E-state index contributed by atoms with van der Waals surface area (Å²) in [7, 11) is 0. The summed E-state index contributed by atoms with van der Waals surface area (Å²) in [6.07, 6.45) is 3.91. The molecule has 0 amide bonds. The number of aliphatic imine (C=N–C) groups is 1. The maximum absolute atomic E-state index is 13.4. The molecule has 1 aliphatic rings. The molecule has 0 spiro atoms. The van der Waals surface area contributed by atoms with E-state index >= 15 is 0 Å². The quantitative estimate of drug-likeness (QED) is 0.807. The van der Waals surface area contributed by atoms with Crippen LogP contribution in [-0.4, -0.2) is 18.2 Å². The Morgan fingerprint density at radius 1 is 1.22 bits per heavy atom. The van der Waals surface area contributed by atoms with Gasteiger partial charge in [-0.3, -0.25) is 0 Å². The van der Waals surface area contributed by atoms with E-state index in [-0.39, 0.29) is 0 Å². The predicted octanol–water partition coefficient (Wildman–Crippen LogP) is 3.89. The molecule has 5 heteroatoms. The summed E-state index contributed by atoms with van der Waals surface area (Å²) in [6, 6.07) is 3.82. The van der Waals surface area contributed by atoms with Crippen molar-refractivity contribution < 1.29 is 8.78 Å². The lowest BCUT2D eigenvalue weighted by Crippen LogP contribution is -2.27. The SMILES string of the molecule is C=NC(=C)N(CC1=CC=C(C)NC1=C)Cc1ccc(F)c(F)c1.